The van der Waals surface area contributed by atoms with E-state index in [9.17, 15) is 0 Å². The van der Waals surface area contributed by atoms with Crippen molar-refractivity contribution in [2.75, 3.05) is 0 Å². The number of para-hydroxylation sites is 3. The lowest BCUT2D eigenvalue weighted by molar-refractivity contribution is 0.664. The number of benzene rings is 5. The Morgan fingerprint density at radius 3 is 1.85 bits per heavy atom. The van der Waals surface area contributed by atoms with Gasteiger partial charge in [-0.2, -0.15) is 0 Å². The van der Waals surface area contributed by atoms with Crippen LogP contribution in [0.15, 0.2) is 128 Å². The molecule has 0 saturated heterocycles. The van der Waals surface area contributed by atoms with Gasteiger partial charge in [0, 0.05) is 44.4 Å². The van der Waals surface area contributed by atoms with Crippen molar-refractivity contribution in [1.82, 2.24) is 14.1 Å². The van der Waals surface area contributed by atoms with E-state index in [0.717, 1.165) is 5.69 Å². The van der Waals surface area contributed by atoms with Crippen LogP contribution < -0.4 is 0 Å². The lowest BCUT2D eigenvalue weighted by Gasteiger charge is -2.24. The van der Waals surface area contributed by atoms with Crippen molar-refractivity contribution in [3.05, 3.63) is 139 Å². The molecule has 1 aliphatic rings. The summed E-state index contributed by atoms with van der Waals surface area (Å²) in [7, 11) is 0. The van der Waals surface area contributed by atoms with Crippen LogP contribution in [0.3, 0.4) is 0 Å². The smallest absolute Gasteiger partial charge is 0.0645 e. The van der Waals surface area contributed by atoms with Crippen molar-refractivity contribution < 1.29 is 0 Å². The van der Waals surface area contributed by atoms with Crippen LogP contribution in [0.2, 0.25) is 0 Å². The summed E-state index contributed by atoms with van der Waals surface area (Å²) in [5, 5.41) is 5.16. The average molecular weight is 526 g/mol. The van der Waals surface area contributed by atoms with Gasteiger partial charge in [0.05, 0.1) is 34.0 Å². The molecule has 5 aromatic carbocycles. The Morgan fingerprint density at radius 2 is 1.15 bits per heavy atom. The van der Waals surface area contributed by atoms with Crippen LogP contribution in [0.1, 0.15) is 25.0 Å². The number of fused-ring (bicyclic) bond motifs is 12. The number of aromatic nitrogens is 3. The van der Waals surface area contributed by atoms with Crippen molar-refractivity contribution in [2.45, 2.75) is 19.3 Å². The van der Waals surface area contributed by atoms with Crippen LogP contribution in [0.25, 0.3) is 66.1 Å². The van der Waals surface area contributed by atoms with Gasteiger partial charge in [-0.3, -0.25) is 4.98 Å². The quantitative estimate of drug-likeness (QED) is 0.220. The predicted molar refractivity (Wildman–Crippen MR) is 170 cm³/mol. The average Bonchev–Trinajstić information content (AvgIpc) is 3.62. The SMILES string of the molecule is CC1(C)c2ccccc2-c2c1c1c(c3ccccc3n1-c1cccnc1)c1c3ccccc3n(-c3ccccc3)c21. The maximum atomic E-state index is 4.55. The molecule has 0 bridgehead atoms. The molecule has 1 aliphatic carbocycles. The Kier molecular flexibility index (Phi) is 4.39. The summed E-state index contributed by atoms with van der Waals surface area (Å²) < 4.78 is 4.95. The van der Waals surface area contributed by atoms with Crippen LogP contribution in [-0.4, -0.2) is 14.1 Å². The Balaban J connectivity index is 1.67. The molecular weight excluding hydrogens is 498 g/mol. The van der Waals surface area contributed by atoms with E-state index in [2.05, 4.69) is 137 Å². The minimum atomic E-state index is -0.204. The molecule has 3 aromatic heterocycles. The van der Waals surface area contributed by atoms with E-state index in [4.69, 9.17) is 0 Å². The highest BCUT2D eigenvalue weighted by Crippen LogP contribution is 2.57. The Hall–Kier alpha value is -5.15. The third-order valence-corrected chi connectivity index (χ3v) is 9.14. The molecule has 0 unspecified atom stereocenters. The van der Waals surface area contributed by atoms with Crippen molar-refractivity contribution in [3.63, 3.8) is 0 Å². The highest BCUT2D eigenvalue weighted by molar-refractivity contribution is 6.33. The van der Waals surface area contributed by atoms with Gasteiger partial charge in [0.15, 0.2) is 0 Å². The van der Waals surface area contributed by atoms with E-state index >= 15 is 0 Å². The Labute approximate surface area is 237 Å². The van der Waals surface area contributed by atoms with Gasteiger partial charge in [0.2, 0.25) is 0 Å². The number of hydrogen-bond acceptors (Lipinski definition) is 1. The summed E-state index contributed by atoms with van der Waals surface area (Å²) in [6, 6.07) is 41.8. The van der Waals surface area contributed by atoms with E-state index < -0.39 is 0 Å². The summed E-state index contributed by atoms with van der Waals surface area (Å²) >= 11 is 0. The van der Waals surface area contributed by atoms with Gasteiger partial charge in [-0.1, -0.05) is 92.7 Å². The molecule has 8 aromatic rings. The van der Waals surface area contributed by atoms with Crippen molar-refractivity contribution in [2.24, 2.45) is 0 Å². The third kappa shape index (κ3) is 2.80. The summed E-state index contributed by atoms with van der Waals surface area (Å²) in [6.07, 6.45) is 3.85. The zero-order valence-electron chi connectivity index (χ0n) is 23.0. The lowest BCUT2D eigenvalue weighted by Crippen LogP contribution is -2.16. The lowest BCUT2D eigenvalue weighted by atomic mass is 9.81. The molecule has 0 radical (unpaired) electrons. The highest BCUT2D eigenvalue weighted by atomic mass is 15.0. The van der Waals surface area contributed by atoms with Gasteiger partial charge in [-0.25, -0.2) is 0 Å². The Morgan fingerprint density at radius 1 is 0.561 bits per heavy atom. The standard InChI is InChI=1S/C38H27N3/c1-38(2)29-19-9-6-16-26(29)34-35(38)37-33(28-18-8-11-21-31(28)41(37)25-15-12-22-39-23-25)32-27-17-7-10-20-30(27)40(36(32)34)24-13-4-3-5-14-24/h3-23H,1-2H3. The summed E-state index contributed by atoms with van der Waals surface area (Å²) in [4.78, 5) is 4.55. The molecule has 0 atom stereocenters. The van der Waals surface area contributed by atoms with Crippen molar-refractivity contribution in [1.29, 1.82) is 0 Å². The molecule has 41 heavy (non-hydrogen) atoms. The molecule has 3 nitrogen and oxygen atoms in total. The first-order valence-electron chi connectivity index (χ1n) is 14.2. The third-order valence-electron chi connectivity index (χ3n) is 9.14. The van der Waals surface area contributed by atoms with Crippen LogP contribution in [-0.2, 0) is 5.41 Å². The highest BCUT2D eigenvalue weighted by Gasteiger charge is 2.41. The number of pyridine rings is 1. The number of nitrogens with zero attached hydrogens (tertiary/aromatic N) is 3. The molecule has 0 saturated carbocycles. The van der Waals surface area contributed by atoms with E-state index in [-0.39, 0.29) is 5.41 Å². The molecule has 9 rings (SSSR count). The van der Waals surface area contributed by atoms with Crippen molar-refractivity contribution >= 4 is 43.6 Å². The summed E-state index contributed by atoms with van der Waals surface area (Å²) in [5.41, 5.74) is 12.5. The zero-order valence-corrected chi connectivity index (χ0v) is 23.0. The summed E-state index contributed by atoms with van der Waals surface area (Å²) in [5.74, 6) is 0. The maximum Gasteiger partial charge on any atom is 0.0645 e. The fourth-order valence-corrected chi connectivity index (χ4v) is 7.55. The molecule has 0 aliphatic heterocycles. The number of hydrogen-bond donors (Lipinski definition) is 0. The van der Waals surface area contributed by atoms with E-state index in [1.54, 1.807) is 0 Å². The molecular formula is C38H27N3. The first-order valence-corrected chi connectivity index (χ1v) is 14.2. The van der Waals surface area contributed by atoms with Crippen LogP contribution in [0, 0.1) is 0 Å². The fourth-order valence-electron chi connectivity index (χ4n) is 7.55. The van der Waals surface area contributed by atoms with Crippen LogP contribution in [0.5, 0.6) is 0 Å². The molecule has 3 heterocycles. The topological polar surface area (TPSA) is 22.8 Å². The fraction of sp³-hybridized carbons (Fsp3) is 0.0789. The first-order chi connectivity index (χ1) is 20.2. The summed E-state index contributed by atoms with van der Waals surface area (Å²) in [6.45, 7) is 4.79. The van der Waals surface area contributed by atoms with Gasteiger partial charge >= 0.3 is 0 Å². The van der Waals surface area contributed by atoms with Gasteiger partial charge < -0.3 is 9.13 Å². The van der Waals surface area contributed by atoms with Crippen LogP contribution >= 0.6 is 0 Å². The molecule has 0 spiro atoms. The van der Waals surface area contributed by atoms with Crippen LogP contribution in [0.4, 0.5) is 0 Å². The molecule has 0 fully saturated rings. The second kappa shape index (κ2) is 7.96. The Bertz CT molecular complexity index is 2320. The van der Waals surface area contributed by atoms with Gasteiger partial charge in [0.25, 0.3) is 0 Å². The van der Waals surface area contributed by atoms with Gasteiger partial charge in [-0.15, -0.1) is 0 Å². The zero-order chi connectivity index (χ0) is 27.3. The van der Waals surface area contributed by atoms with E-state index in [0.29, 0.717) is 0 Å². The van der Waals surface area contributed by atoms with Gasteiger partial charge in [-0.05, 0) is 53.1 Å². The predicted octanol–water partition coefficient (Wildman–Crippen LogP) is 9.58. The minimum absolute atomic E-state index is 0.204. The normalized spacial score (nSPS) is 13.8. The monoisotopic (exact) mass is 525 g/mol. The van der Waals surface area contributed by atoms with Gasteiger partial charge in [0.1, 0.15) is 0 Å². The van der Waals surface area contributed by atoms with E-state index in [1.165, 1.54) is 71.6 Å². The molecule has 0 amide bonds. The first kappa shape index (κ1) is 22.6. The molecule has 194 valence electrons. The number of rotatable bonds is 2. The molecule has 0 N–H and O–H groups in total. The van der Waals surface area contributed by atoms with Crippen molar-refractivity contribution in [3.8, 4) is 22.5 Å². The maximum absolute atomic E-state index is 4.55. The second-order valence-corrected chi connectivity index (χ2v) is 11.6. The second-order valence-electron chi connectivity index (χ2n) is 11.6. The largest absolute Gasteiger partial charge is 0.309 e. The minimum Gasteiger partial charge on any atom is -0.309 e. The molecule has 3 heteroatoms. The van der Waals surface area contributed by atoms with E-state index in [1.807, 2.05) is 18.5 Å².